The van der Waals surface area contributed by atoms with Crippen molar-refractivity contribution in [2.45, 2.75) is 18.4 Å². The van der Waals surface area contributed by atoms with Crippen molar-refractivity contribution in [2.75, 3.05) is 0 Å². The average molecular weight is 402 g/mol. The molecular formula is C21H15FN6O2. The van der Waals surface area contributed by atoms with Crippen molar-refractivity contribution in [1.82, 2.24) is 29.2 Å². The topological polar surface area (TPSA) is 91.6 Å². The van der Waals surface area contributed by atoms with Gasteiger partial charge >= 0.3 is 0 Å². The zero-order chi connectivity index (χ0) is 20.2. The molecule has 2 bridgehead atoms. The second kappa shape index (κ2) is 5.10. The lowest BCUT2D eigenvalue weighted by molar-refractivity contribution is 0.363. The fourth-order valence-electron chi connectivity index (χ4n) is 5.37. The zero-order valence-corrected chi connectivity index (χ0v) is 15.9. The van der Waals surface area contributed by atoms with Crippen LogP contribution in [0.15, 0.2) is 51.8 Å². The summed E-state index contributed by atoms with van der Waals surface area (Å²) in [6.07, 6.45) is 3.94. The molecule has 0 unspecified atom stereocenters. The van der Waals surface area contributed by atoms with Gasteiger partial charge in [-0.25, -0.2) is 14.4 Å². The first-order chi connectivity index (χ1) is 14.6. The lowest BCUT2D eigenvalue weighted by Crippen LogP contribution is -2.22. The number of halogens is 1. The Morgan fingerprint density at radius 2 is 2.17 bits per heavy atom. The van der Waals surface area contributed by atoms with Gasteiger partial charge in [0.25, 0.3) is 5.56 Å². The van der Waals surface area contributed by atoms with Gasteiger partial charge in [-0.3, -0.25) is 9.36 Å². The van der Waals surface area contributed by atoms with Crippen molar-refractivity contribution in [3.05, 3.63) is 75.9 Å². The van der Waals surface area contributed by atoms with Gasteiger partial charge in [0.15, 0.2) is 17.0 Å². The lowest BCUT2D eigenvalue weighted by atomic mass is 10.1. The molecule has 0 spiro atoms. The molecule has 4 aromatic rings. The normalized spacial score (nSPS) is 25.8. The van der Waals surface area contributed by atoms with Gasteiger partial charge in [-0.05, 0) is 41.2 Å². The van der Waals surface area contributed by atoms with Crippen LogP contribution in [-0.2, 0) is 19.0 Å². The van der Waals surface area contributed by atoms with E-state index >= 15 is 0 Å². The van der Waals surface area contributed by atoms with E-state index in [2.05, 4.69) is 20.1 Å². The summed E-state index contributed by atoms with van der Waals surface area (Å²) < 4.78 is 22.2. The Kier molecular flexibility index (Phi) is 2.76. The minimum Gasteiger partial charge on any atom is -0.337 e. The van der Waals surface area contributed by atoms with Crippen LogP contribution in [0.5, 0.6) is 0 Å². The van der Waals surface area contributed by atoms with Crippen molar-refractivity contribution < 1.29 is 8.91 Å². The smallest absolute Gasteiger partial charge is 0.280 e. The minimum atomic E-state index is -0.222. The molecule has 0 N–H and O–H groups in total. The van der Waals surface area contributed by atoms with Gasteiger partial charge in [-0.1, -0.05) is 17.3 Å². The monoisotopic (exact) mass is 402 g/mol. The highest BCUT2D eigenvalue weighted by Crippen LogP contribution is 2.90. The van der Waals surface area contributed by atoms with E-state index in [0.717, 1.165) is 12.0 Å². The molecule has 4 aliphatic carbocycles. The molecule has 9 heteroatoms. The maximum absolute atomic E-state index is 13.6. The molecule has 8 rings (SSSR count). The number of aromatic nitrogens is 6. The fraction of sp³-hybridized carbons (Fsp3) is 0.286. The minimum absolute atomic E-state index is 0.126. The van der Waals surface area contributed by atoms with Gasteiger partial charge in [-0.2, -0.15) is 4.98 Å². The van der Waals surface area contributed by atoms with Gasteiger partial charge in [0.1, 0.15) is 18.7 Å². The largest absolute Gasteiger partial charge is 0.337 e. The molecule has 2 fully saturated rings. The molecule has 8 nitrogen and oxygen atoms in total. The van der Waals surface area contributed by atoms with Crippen molar-refractivity contribution in [3.63, 3.8) is 0 Å². The first-order valence-corrected chi connectivity index (χ1v) is 9.78. The molecule has 4 aliphatic rings. The third-order valence-corrected chi connectivity index (χ3v) is 6.81. The van der Waals surface area contributed by atoms with E-state index in [0.29, 0.717) is 34.7 Å². The number of aryl methyl sites for hydroxylation is 1. The molecule has 2 saturated carbocycles. The Labute approximate surface area is 168 Å². The van der Waals surface area contributed by atoms with Crippen molar-refractivity contribution in [2.24, 2.45) is 18.9 Å². The van der Waals surface area contributed by atoms with Crippen LogP contribution in [0.4, 0.5) is 4.39 Å². The number of benzene rings is 1. The molecule has 30 heavy (non-hydrogen) atoms. The van der Waals surface area contributed by atoms with Crippen LogP contribution in [-0.4, -0.2) is 29.2 Å². The number of imidazole rings is 1. The predicted octanol–water partition coefficient (Wildman–Crippen LogP) is 2.06. The van der Waals surface area contributed by atoms with Crippen LogP contribution in [0.3, 0.4) is 0 Å². The van der Waals surface area contributed by atoms with Gasteiger partial charge in [0.2, 0.25) is 5.89 Å². The van der Waals surface area contributed by atoms with Crippen LogP contribution in [0, 0.1) is 17.7 Å². The maximum Gasteiger partial charge on any atom is 0.280 e. The van der Waals surface area contributed by atoms with E-state index < -0.39 is 0 Å². The van der Waals surface area contributed by atoms with Gasteiger partial charge in [0, 0.05) is 13.0 Å². The highest BCUT2D eigenvalue weighted by molar-refractivity contribution is 5.89. The maximum atomic E-state index is 13.6. The van der Waals surface area contributed by atoms with E-state index in [4.69, 9.17) is 4.52 Å². The molecule has 0 saturated heterocycles. The summed E-state index contributed by atoms with van der Waals surface area (Å²) in [4.78, 5) is 25.6. The summed E-state index contributed by atoms with van der Waals surface area (Å²) >= 11 is 0. The van der Waals surface area contributed by atoms with E-state index in [-0.39, 0.29) is 23.3 Å². The summed E-state index contributed by atoms with van der Waals surface area (Å²) in [6.45, 7) is 0.154. The summed E-state index contributed by atoms with van der Waals surface area (Å²) in [6, 6.07) is 6.75. The Hall–Kier alpha value is -3.62. The molecule has 0 radical (unpaired) electrons. The van der Waals surface area contributed by atoms with Crippen molar-refractivity contribution in [1.29, 1.82) is 0 Å². The molecule has 3 atom stereocenters. The molecule has 0 aliphatic heterocycles. The second-order valence-electron chi connectivity index (χ2n) is 8.28. The van der Waals surface area contributed by atoms with E-state index in [1.165, 1.54) is 28.1 Å². The molecule has 3 aromatic heterocycles. The second-order valence-corrected chi connectivity index (χ2v) is 8.28. The van der Waals surface area contributed by atoms with Crippen LogP contribution in [0.1, 0.15) is 23.7 Å². The van der Waals surface area contributed by atoms with Gasteiger partial charge in [-0.15, -0.1) is 0 Å². The molecular weight excluding hydrogens is 387 g/mol. The lowest BCUT2D eigenvalue weighted by Gasteiger charge is -2.02. The highest BCUT2D eigenvalue weighted by atomic mass is 19.1. The third kappa shape index (κ3) is 1.83. The first kappa shape index (κ1) is 16.2. The van der Waals surface area contributed by atoms with Crippen molar-refractivity contribution in [3.8, 4) is 0 Å². The Morgan fingerprint density at radius 1 is 1.30 bits per heavy atom. The van der Waals surface area contributed by atoms with Gasteiger partial charge in [0.05, 0.1) is 11.7 Å². The summed E-state index contributed by atoms with van der Waals surface area (Å²) in [7, 11) is 1.76. The predicted molar refractivity (Wildman–Crippen MR) is 103 cm³/mol. The third-order valence-electron chi connectivity index (χ3n) is 6.81. The summed E-state index contributed by atoms with van der Waals surface area (Å²) in [5.41, 5.74) is 4.00. The molecule has 1 aromatic carbocycles. The SMILES string of the molecule is Cn1cnc2ncn(Cc3nc([C@]45C6=C(c7cccc(F)c7)C[C@@H]4[C@H]65)no3)c(=O)c21. The van der Waals surface area contributed by atoms with Crippen LogP contribution in [0.2, 0.25) is 0 Å². The Bertz CT molecular complexity index is 1480. The van der Waals surface area contributed by atoms with Gasteiger partial charge < -0.3 is 9.09 Å². The number of hydrogen-bond acceptors (Lipinski definition) is 6. The van der Waals surface area contributed by atoms with Crippen LogP contribution < -0.4 is 5.56 Å². The Balaban J connectivity index is 1.21. The molecule has 148 valence electrons. The van der Waals surface area contributed by atoms with E-state index in [1.54, 1.807) is 30.1 Å². The molecule has 3 heterocycles. The zero-order valence-electron chi connectivity index (χ0n) is 15.9. The average Bonchev–Trinajstić information content (AvgIpc) is 3.21. The number of allylic oxidation sites excluding steroid dienone is 2. The highest BCUT2D eigenvalue weighted by Gasteiger charge is 2.89. The van der Waals surface area contributed by atoms with Crippen LogP contribution in [0.25, 0.3) is 16.7 Å². The first-order valence-electron chi connectivity index (χ1n) is 9.78. The number of nitrogens with zero attached hydrogens (tertiary/aromatic N) is 6. The quantitative estimate of drug-likeness (QED) is 0.519. The summed E-state index contributed by atoms with van der Waals surface area (Å²) in [5.74, 6) is 1.76. The number of hydrogen-bond donors (Lipinski definition) is 0. The fourth-order valence-corrected chi connectivity index (χ4v) is 5.37. The standard InChI is InChI=1S/C21H15FN6O2/c1-27-8-23-18-17(27)19(29)28(9-24-18)7-14-25-20(26-30-14)21-13-6-12(15(21)16(13)21)10-3-2-4-11(22)5-10/h2-5,8-9,13,16H,6-7H2,1H3/t13-,16-,21+/m1/s1. The number of rotatable bonds is 4. The molecule has 0 amide bonds. The number of fused-ring (bicyclic) bond motifs is 2. The van der Waals surface area contributed by atoms with E-state index in [9.17, 15) is 9.18 Å². The van der Waals surface area contributed by atoms with Crippen molar-refractivity contribution >= 4 is 16.7 Å². The van der Waals surface area contributed by atoms with E-state index in [1.807, 2.05) is 6.07 Å². The van der Waals surface area contributed by atoms with Crippen LogP contribution >= 0.6 is 0 Å². The Morgan fingerprint density at radius 3 is 3.00 bits per heavy atom. The summed E-state index contributed by atoms with van der Waals surface area (Å²) in [5, 5.41) is 4.23.